The van der Waals surface area contributed by atoms with Gasteiger partial charge in [0.2, 0.25) is 11.8 Å². The molecule has 9 nitrogen and oxygen atoms in total. The van der Waals surface area contributed by atoms with Crippen molar-refractivity contribution in [2.75, 3.05) is 20.3 Å². The van der Waals surface area contributed by atoms with Gasteiger partial charge in [0.15, 0.2) is 0 Å². The molecule has 1 atom stereocenters. The highest BCUT2D eigenvalue weighted by Gasteiger charge is 2.27. The molecule has 3 aromatic heterocycles. The van der Waals surface area contributed by atoms with Crippen LogP contribution in [0.4, 0.5) is 8.78 Å². The number of amides is 2. The molecular weight excluding hydrogens is 600 g/mol. The second-order valence-electron chi connectivity index (χ2n) is 10.5. The number of halogens is 2. The van der Waals surface area contributed by atoms with Crippen LogP contribution in [0.3, 0.4) is 0 Å². The monoisotopic (exact) mass is 629 g/mol. The Kier molecular flexibility index (Phi) is 8.42. The third-order valence-electron chi connectivity index (χ3n) is 7.58. The lowest BCUT2D eigenvalue weighted by Crippen LogP contribution is -2.30. The van der Waals surface area contributed by atoms with Crippen molar-refractivity contribution in [2.24, 2.45) is 0 Å². The number of nitrogens with one attached hydrogen (secondary N) is 3. The molecule has 2 amide bonds. The summed E-state index contributed by atoms with van der Waals surface area (Å²) >= 11 is 1.39. The molecule has 4 heterocycles. The number of aromatic amines is 1. The molecule has 230 valence electrons. The molecule has 5 aromatic rings. The summed E-state index contributed by atoms with van der Waals surface area (Å²) in [6.07, 6.45) is 1.48. The fourth-order valence-corrected chi connectivity index (χ4v) is 6.32. The van der Waals surface area contributed by atoms with E-state index in [0.29, 0.717) is 46.0 Å². The molecule has 0 radical (unpaired) electrons. The number of fused-ring (bicyclic) bond motifs is 2. The lowest BCUT2D eigenvalue weighted by Gasteiger charge is -2.19. The van der Waals surface area contributed by atoms with E-state index in [2.05, 4.69) is 27.4 Å². The number of hydrogen-bond acceptors (Lipinski definition) is 7. The van der Waals surface area contributed by atoms with Crippen LogP contribution in [0.1, 0.15) is 29.8 Å². The SMILES string of the molecule is C=CC(=O)N[C@H](C)c1cc(-c2nc(-c3ccc4c(c3)CNC(=O)C4)c3ccsc3c2-c2c(F)cc(F)cc2OCCOC)n[nH]1. The first-order valence-corrected chi connectivity index (χ1v) is 15.0. The number of rotatable bonds is 10. The van der Waals surface area contributed by atoms with Gasteiger partial charge in [-0.05, 0) is 47.7 Å². The second kappa shape index (κ2) is 12.6. The van der Waals surface area contributed by atoms with E-state index in [1.165, 1.54) is 24.5 Å². The predicted octanol–water partition coefficient (Wildman–Crippen LogP) is 5.86. The fourth-order valence-electron chi connectivity index (χ4n) is 5.37. The molecule has 0 spiro atoms. The van der Waals surface area contributed by atoms with Gasteiger partial charge in [-0.1, -0.05) is 18.7 Å². The highest BCUT2D eigenvalue weighted by atomic mass is 32.1. The summed E-state index contributed by atoms with van der Waals surface area (Å²) in [5, 5.41) is 15.8. The van der Waals surface area contributed by atoms with Crippen molar-refractivity contribution in [3.05, 3.63) is 89.0 Å². The summed E-state index contributed by atoms with van der Waals surface area (Å²) in [6, 6.07) is 11.0. The number of carbonyl (C=O) groups excluding carboxylic acids is 2. The predicted molar refractivity (Wildman–Crippen MR) is 168 cm³/mol. The number of ether oxygens (including phenoxy) is 2. The van der Waals surface area contributed by atoms with Crippen LogP contribution in [0.25, 0.3) is 43.9 Å². The van der Waals surface area contributed by atoms with E-state index in [9.17, 15) is 14.0 Å². The van der Waals surface area contributed by atoms with E-state index in [0.717, 1.165) is 34.2 Å². The normalized spacial score (nSPS) is 13.3. The molecule has 0 saturated carbocycles. The summed E-state index contributed by atoms with van der Waals surface area (Å²) in [7, 11) is 1.51. The van der Waals surface area contributed by atoms with E-state index < -0.39 is 17.7 Å². The molecule has 1 aliphatic heterocycles. The molecule has 0 fully saturated rings. The highest BCUT2D eigenvalue weighted by molar-refractivity contribution is 7.18. The summed E-state index contributed by atoms with van der Waals surface area (Å²) < 4.78 is 42.1. The average molecular weight is 630 g/mol. The summed E-state index contributed by atoms with van der Waals surface area (Å²) in [6.45, 7) is 5.97. The van der Waals surface area contributed by atoms with Crippen molar-refractivity contribution in [1.29, 1.82) is 0 Å². The first-order valence-electron chi connectivity index (χ1n) is 14.2. The number of pyridine rings is 1. The first-order chi connectivity index (χ1) is 21.8. The number of thiophene rings is 1. The topological polar surface area (TPSA) is 118 Å². The van der Waals surface area contributed by atoms with Gasteiger partial charge >= 0.3 is 0 Å². The Hall–Kier alpha value is -4.94. The minimum Gasteiger partial charge on any atom is -0.490 e. The van der Waals surface area contributed by atoms with Gasteiger partial charge in [-0.15, -0.1) is 11.3 Å². The molecule has 0 unspecified atom stereocenters. The van der Waals surface area contributed by atoms with Gasteiger partial charge in [0.25, 0.3) is 0 Å². The van der Waals surface area contributed by atoms with Crippen LogP contribution in [0, 0.1) is 11.6 Å². The lowest BCUT2D eigenvalue weighted by atomic mass is 9.93. The van der Waals surface area contributed by atoms with Crippen molar-refractivity contribution in [3.63, 3.8) is 0 Å². The quantitative estimate of drug-likeness (QED) is 0.132. The maximum absolute atomic E-state index is 15.9. The van der Waals surface area contributed by atoms with Crippen molar-refractivity contribution >= 4 is 33.2 Å². The molecular formula is C33H29F2N5O4S. The highest BCUT2D eigenvalue weighted by Crippen LogP contribution is 2.47. The van der Waals surface area contributed by atoms with Gasteiger partial charge < -0.3 is 20.1 Å². The Balaban J connectivity index is 1.59. The van der Waals surface area contributed by atoms with E-state index in [1.807, 2.05) is 29.6 Å². The van der Waals surface area contributed by atoms with Crippen molar-refractivity contribution in [2.45, 2.75) is 25.9 Å². The zero-order chi connectivity index (χ0) is 31.7. The number of benzene rings is 2. The molecule has 3 N–H and O–H groups in total. The lowest BCUT2D eigenvalue weighted by molar-refractivity contribution is -0.121. The van der Waals surface area contributed by atoms with Crippen molar-refractivity contribution in [3.8, 4) is 39.5 Å². The minimum absolute atomic E-state index is 0.00180. The van der Waals surface area contributed by atoms with E-state index in [4.69, 9.17) is 14.5 Å². The van der Waals surface area contributed by atoms with Crippen LogP contribution >= 0.6 is 11.3 Å². The van der Waals surface area contributed by atoms with Gasteiger partial charge in [0.1, 0.15) is 35.4 Å². The molecule has 6 rings (SSSR count). The van der Waals surface area contributed by atoms with Gasteiger partial charge in [0.05, 0.1) is 36.0 Å². The molecule has 0 saturated heterocycles. The number of aromatic nitrogens is 3. The number of methoxy groups -OCH3 is 1. The number of H-pyrrole nitrogens is 1. The Morgan fingerprint density at radius 2 is 1.98 bits per heavy atom. The zero-order valence-corrected chi connectivity index (χ0v) is 25.3. The Morgan fingerprint density at radius 1 is 1.13 bits per heavy atom. The van der Waals surface area contributed by atoms with Crippen molar-refractivity contribution in [1.82, 2.24) is 25.8 Å². The third-order valence-corrected chi connectivity index (χ3v) is 8.51. The van der Waals surface area contributed by atoms with E-state index in [-0.39, 0.29) is 36.3 Å². The van der Waals surface area contributed by atoms with Crippen LogP contribution in [-0.4, -0.2) is 47.3 Å². The average Bonchev–Trinajstić information content (AvgIpc) is 3.71. The molecule has 45 heavy (non-hydrogen) atoms. The molecule has 2 aromatic carbocycles. The summed E-state index contributed by atoms with van der Waals surface area (Å²) in [5.74, 6) is -1.98. The maximum atomic E-state index is 15.9. The maximum Gasteiger partial charge on any atom is 0.243 e. The number of carbonyl (C=O) groups is 2. The molecule has 12 heteroatoms. The molecule has 0 aliphatic carbocycles. The smallest absolute Gasteiger partial charge is 0.243 e. The van der Waals surface area contributed by atoms with Crippen LogP contribution in [-0.2, 0) is 27.3 Å². The van der Waals surface area contributed by atoms with Gasteiger partial charge in [-0.2, -0.15) is 5.10 Å². The first kappa shape index (κ1) is 30.1. The minimum atomic E-state index is -0.820. The Labute approximate surface area is 261 Å². The number of hydrogen-bond donors (Lipinski definition) is 3. The van der Waals surface area contributed by atoms with Gasteiger partial charge in [-0.25, -0.2) is 13.8 Å². The van der Waals surface area contributed by atoms with Gasteiger partial charge in [-0.3, -0.25) is 14.7 Å². The van der Waals surface area contributed by atoms with Crippen molar-refractivity contribution < 1.29 is 27.8 Å². The Morgan fingerprint density at radius 3 is 2.78 bits per heavy atom. The molecule has 1 aliphatic rings. The Bertz CT molecular complexity index is 1950. The van der Waals surface area contributed by atoms with E-state index in [1.54, 1.807) is 13.0 Å². The van der Waals surface area contributed by atoms with Crippen LogP contribution in [0.15, 0.2) is 60.5 Å². The standard InChI is InChI=1S/C33H29F2N5O4S/c1-4-27(41)37-17(2)24-15-25(40-39-24)32-30(29-23(35)13-21(34)14-26(29)44-9-8-43-3)33-22(7-10-45-33)31(38-32)19-6-5-18-12-28(42)36-16-20(18)11-19/h4-7,10-11,13-15,17H,1,8-9,12,16H2,2-3H3,(H,36,42)(H,37,41)(H,39,40)/t17-/m1/s1. The zero-order valence-electron chi connectivity index (χ0n) is 24.5. The third kappa shape index (κ3) is 5.94. The van der Waals surface area contributed by atoms with Crippen LogP contribution in [0.2, 0.25) is 0 Å². The second-order valence-corrected chi connectivity index (χ2v) is 11.4. The van der Waals surface area contributed by atoms with Crippen LogP contribution < -0.4 is 15.4 Å². The largest absolute Gasteiger partial charge is 0.490 e. The molecule has 0 bridgehead atoms. The van der Waals surface area contributed by atoms with Crippen LogP contribution in [0.5, 0.6) is 5.75 Å². The van der Waals surface area contributed by atoms with Gasteiger partial charge in [0, 0.05) is 47.0 Å². The summed E-state index contributed by atoms with van der Waals surface area (Å²) in [5.41, 5.74) is 5.09. The van der Waals surface area contributed by atoms with E-state index >= 15 is 4.39 Å². The fraction of sp³-hybridized carbons (Fsp3) is 0.212. The summed E-state index contributed by atoms with van der Waals surface area (Å²) in [4.78, 5) is 29.0. The number of nitrogens with zero attached hydrogens (tertiary/aromatic N) is 2.